The number of ether oxygens (including phenoxy) is 1. The van der Waals surface area contributed by atoms with E-state index in [0.717, 1.165) is 22.3 Å². The SMILES string of the molecule is CC(C)CC(C(=O)O)c1cc(OCc2ccccc2)cc(-c2ccccc2)c1. The minimum absolute atomic E-state index is 0.287. The predicted octanol–water partition coefficient (Wildman–Crippen LogP) is 6.15. The van der Waals surface area contributed by atoms with Crippen LogP contribution in [0.1, 0.15) is 37.3 Å². The van der Waals surface area contributed by atoms with Crippen molar-refractivity contribution in [1.29, 1.82) is 0 Å². The quantitative estimate of drug-likeness (QED) is 0.514. The van der Waals surface area contributed by atoms with Crippen molar-refractivity contribution in [2.24, 2.45) is 5.92 Å². The van der Waals surface area contributed by atoms with Crippen molar-refractivity contribution >= 4 is 5.97 Å². The Kier molecular flexibility index (Phi) is 6.49. The topological polar surface area (TPSA) is 46.5 Å². The van der Waals surface area contributed by atoms with Crippen molar-refractivity contribution in [3.63, 3.8) is 0 Å². The molecule has 0 bridgehead atoms. The highest BCUT2D eigenvalue weighted by Crippen LogP contribution is 2.33. The van der Waals surface area contributed by atoms with E-state index in [-0.39, 0.29) is 5.92 Å². The molecule has 28 heavy (non-hydrogen) atoms. The summed E-state index contributed by atoms with van der Waals surface area (Å²) < 4.78 is 6.04. The molecule has 0 aliphatic heterocycles. The maximum absolute atomic E-state index is 11.9. The van der Waals surface area contributed by atoms with Crippen LogP contribution in [0.15, 0.2) is 78.9 Å². The van der Waals surface area contributed by atoms with Gasteiger partial charge in [-0.05, 0) is 46.7 Å². The molecule has 0 fully saturated rings. The Bertz CT molecular complexity index is 902. The highest BCUT2D eigenvalue weighted by atomic mass is 16.5. The van der Waals surface area contributed by atoms with Crippen molar-refractivity contribution < 1.29 is 14.6 Å². The molecular weight excluding hydrogens is 348 g/mol. The first-order valence-corrected chi connectivity index (χ1v) is 9.63. The molecule has 0 spiro atoms. The maximum Gasteiger partial charge on any atom is 0.310 e. The Hall–Kier alpha value is -3.07. The normalized spacial score (nSPS) is 12.0. The van der Waals surface area contributed by atoms with Gasteiger partial charge in [0.25, 0.3) is 0 Å². The van der Waals surface area contributed by atoms with E-state index in [1.807, 2.05) is 92.7 Å². The highest BCUT2D eigenvalue weighted by Gasteiger charge is 2.22. The van der Waals surface area contributed by atoms with E-state index in [4.69, 9.17) is 4.74 Å². The van der Waals surface area contributed by atoms with Crippen LogP contribution in [0.4, 0.5) is 0 Å². The second kappa shape index (κ2) is 9.23. The van der Waals surface area contributed by atoms with Crippen molar-refractivity contribution in [2.75, 3.05) is 0 Å². The number of carboxylic acid groups (broad SMARTS) is 1. The largest absolute Gasteiger partial charge is 0.489 e. The molecule has 3 heteroatoms. The lowest BCUT2D eigenvalue weighted by Gasteiger charge is -2.18. The lowest BCUT2D eigenvalue weighted by molar-refractivity contribution is -0.139. The Balaban J connectivity index is 1.97. The monoisotopic (exact) mass is 374 g/mol. The summed E-state index contributed by atoms with van der Waals surface area (Å²) in [5, 5.41) is 9.80. The number of benzene rings is 3. The number of carboxylic acids is 1. The van der Waals surface area contributed by atoms with Gasteiger partial charge in [-0.3, -0.25) is 4.79 Å². The molecule has 0 amide bonds. The van der Waals surface area contributed by atoms with Crippen LogP contribution in [-0.2, 0) is 11.4 Å². The van der Waals surface area contributed by atoms with Crippen LogP contribution >= 0.6 is 0 Å². The zero-order chi connectivity index (χ0) is 19.9. The highest BCUT2D eigenvalue weighted by molar-refractivity contribution is 5.78. The fraction of sp³-hybridized carbons (Fsp3) is 0.240. The van der Waals surface area contributed by atoms with Gasteiger partial charge in [-0.1, -0.05) is 80.6 Å². The molecule has 144 valence electrons. The second-order valence-corrected chi connectivity index (χ2v) is 7.45. The van der Waals surface area contributed by atoms with E-state index in [1.54, 1.807) is 0 Å². The van der Waals surface area contributed by atoms with E-state index in [9.17, 15) is 9.90 Å². The second-order valence-electron chi connectivity index (χ2n) is 7.45. The number of rotatable bonds is 8. The zero-order valence-corrected chi connectivity index (χ0v) is 16.3. The van der Waals surface area contributed by atoms with Crippen LogP contribution < -0.4 is 4.74 Å². The molecular formula is C25H26O3. The summed E-state index contributed by atoms with van der Waals surface area (Å²) in [5.74, 6) is -0.374. The molecule has 0 radical (unpaired) electrons. The molecule has 0 aliphatic carbocycles. The maximum atomic E-state index is 11.9. The first kappa shape index (κ1) is 19.7. The zero-order valence-electron chi connectivity index (χ0n) is 16.3. The number of hydrogen-bond donors (Lipinski definition) is 1. The molecule has 0 aromatic heterocycles. The third-order valence-corrected chi connectivity index (χ3v) is 4.69. The lowest BCUT2D eigenvalue weighted by atomic mass is 9.88. The van der Waals surface area contributed by atoms with Crippen LogP contribution in [0.2, 0.25) is 0 Å². The van der Waals surface area contributed by atoms with E-state index < -0.39 is 11.9 Å². The minimum Gasteiger partial charge on any atom is -0.489 e. The fourth-order valence-electron chi connectivity index (χ4n) is 3.30. The lowest BCUT2D eigenvalue weighted by Crippen LogP contribution is -2.14. The van der Waals surface area contributed by atoms with Gasteiger partial charge in [0, 0.05) is 0 Å². The minimum atomic E-state index is -0.798. The van der Waals surface area contributed by atoms with Crippen LogP contribution in [0.5, 0.6) is 5.75 Å². The van der Waals surface area contributed by atoms with Gasteiger partial charge >= 0.3 is 5.97 Å². The molecule has 3 aromatic carbocycles. The smallest absolute Gasteiger partial charge is 0.310 e. The van der Waals surface area contributed by atoms with Gasteiger partial charge in [0.15, 0.2) is 0 Å². The summed E-state index contributed by atoms with van der Waals surface area (Å²) in [6.45, 7) is 4.54. The van der Waals surface area contributed by atoms with Crippen molar-refractivity contribution in [3.8, 4) is 16.9 Å². The molecule has 0 saturated carbocycles. The van der Waals surface area contributed by atoms with E-state index in [1.165, 1.54) is 0 Å². The summed E-state index contributed by atoms with van der Waals surface area (Å²) in [4.78, 5) is 11.9. The molecule has 1 atom stereocenters. The predicted molar refractivity (Wildman–Crippen MR) is 112 cm³/mol. The van der Waals surface area contributed by atoms with Gasteiger partial charge in [-0.15, -0.1) is 0 Å². The Morgan fingerprint density at radius 2 is 1.54 bits per heavy atom. The van der Waals surface area contributed by atoms with Gasteiger partial charge in [0.2, 0.25) is 0 Å². The first-order chi connectivity index (χ1) is 13.5. The van der Waals surface area contributed by atoms with Crippen molar-refractivity contribution in [3.05, 3.63) is 90.0 Å². The number of aliphatic carboxylic acids is 1. The summed E-state index contributed by atoms with van der Waals surface area (Å²) in [5.41, 5.74) is 3.87. The molecule has 0 saturated heterocycles. The molecule has 1 unspecified atom stereocenters. The van der Waals surface area contributed by atoms with E-state index in [2.05, 4.69) is 0 Å². The summed E-state index contributed by atoms with van der Waals surface area (Å²) in [6.07, 6.45) is 0.589. The number of carbonyl (C=O) groups is 1. The standard InChI is InChI=1S/C25H26O3/c1-18(2)13-24(25(26)27)22-14-21(20-11-7-4-8-12-20)15-23(16-22)28-17-19-9-5-3-6-10-19/h3-12,14-16,18,24H,13,17H2,1-2H3,(H,26,27). The van der Waals surface area contributed by atoms with Gasteiger partial charge in [0.1, 0.15) is 12.4 Å². The van der Waals surface area contributed by atoms with Gasteiger partial charge in [-0.25, -0.2) is 0 Å². The molecule has 1 N–H and O–H groups in total. The average molecular weight is 374 g/mol. The van der Waals surface area contributed by atoms with Crippen LogP contribution in [-0.4, -0.2) is 11.1 Å². The first-order valence-electron chi connectivity index (χ1n) is 9.63. The van der Waals surface area contributed by atoms with Crippen LogP contribution in [0, 0.1) is 5.92 Å². The summed E-state index contributed by atoms with van der Waals surface area (Å²) in [7, 11) is 0. The number of hydrogen-bond acceptors (Lipinski definition) is 2. The third kappa shape index (κ3) is 5.23. The molecule has 3 aromatic rings. The average Bonchev–Trinajstić information content (AvgIpc) is 2.71. The fourth-order valence-corrected chi connectivity index (χ4v) is 3.30. The van der Waals surface area contributed by atoms with Gasteiger partial charge < -0.3 is 9.84 Å². The van der Waals surface area contributed by atoms with E-state index in [0.29, 0.717) is 18.8 Å². The molecule has 3 nitrogen and oxygen atoms in total. The van der Waals surface area contributed by atoms with Crippen molar-refractivity contribution in [2.45, 2.75) is 32.8 Å². The Morgan fingerprint density at radius 3 is 2.14 bits per heavy atom. The molecule has 3 rings (SSSR count). The third-order valence-electron chi connectivity index (χ3n) is 4.69. The molecule has 0 heterocycles. The van der Waals surface area contributed by atoms with Gasteiger partial charge in [0.05, 0.1) is 5.92 Å². The van der Waals surface area contributed by atoms with Gasteiger partial charge in [-0.2, -0.15) is 0 Å². The van der Waals surface area contributed by atoms with Crippen LogP contribution in [0.25, 0.3) is 11.1 Å². The van der Waals surface area contributed by atoms with Crippen LogP contribution in [0.3, 0.4) is 0 Å². The van der Waals surface area contributed by atoms with E-state index >= 15 is 0 Å². The Morgan fingerprint density at radius 1 is 0.893 bits per heavy atom. The van der Waals surface area contributed by atoms with Crippen molar-refractivity contribution in [1.82, 2.24) is 0 Å². The summed E-state index contributed by atoms with van der Waals surface area (Å²) >= 11 is 0. The summed E-state index contributed by atoms with van der Waals surface area (Å²) in [6, 6.07) is 25.8. The Labute approximate surface area is 166 Å². The molecule has 0 aliphatic rings.